The molecule has 2 saturated heterocycles. The molecule has 0 bridgehead atoms. The van der Waals surface area contributed by atoms with Crippen molar-refractivity contribution < 1.29 is 14.4 Å². The predicted molar refractivity (Wildman–Crippen MR) is 110 cm³/mol. The van der Waals surface area contributed by atoms with E-state index in [1.54, 1.807) is 9.58 Å². The summed E-state index contributed by atoms with van der Waals surface area (Å²) in [6.45, 7) is 6.78. The van der Waals surface area contributed by atoms with Gasteiger partial charge in [0.05, 0.1) is 12.2 Å². The Hall–Kier alpha value is -3.16. The molecule has 1 atom stereocenters. The summed E-state index contributed by atoms with van der Waals surface area (Å²) in [6, 6.07) is 10.6. The zero-order valence-corrected chi connectivity index (χ0v) is 17.6. The first kappa shape index (κ1) is 20.1. The van der Waals surface area contributed by atoms with E-state index in [2.05, 4.69) is 10.4 Å². The normalized spacial score (nSPS) is 19.3. The molecule has 8 nitrogen and oxygen atoms in total. The molecule has 4 amide bonds. The summed E-state index contributed by atoms with van der Waals surface area (Å²) in [5.41, 5.74) is 1.81. The van der Waals surface area contributed by atoms with Crippen molar-refractivity contribution in [1.29, 1.82) is 0 Å². The number of amides is 4. The molecule has 0 unspecified atom stereocenters. The Kier molecular flexibility index (Phi) is 5.09. The monoisotopic (exact) mass is 409 g/mol. The van der Waals surface area contributed by atoms with E-state index in [1.807, 2.05) is 57.2 Å². The molecule has 2 aliphatic rings. The lowest BCUT2D eigenvalue weighted by Gasteiger charge is -2.38. The largest absolute Gasteiger partial charge is 0.341 e. The van der Waals surface area contributed by atoms with Crippen LogP contribution in [0.2, 0.25) is 0 Å². The van der Waals surface area contributed by atoms with Gasteiger partial charge in [0.25, 0.3) is 5.91 Å². The van der Waals surface area contributed by atoms with Crippen LogP contribution in [-0.4, -0.2) is 56.1 Å². The number of aromatic nitrogens is 2. The van der Waals surface area contributed by atoms with Crippen LogP contribution in [0.1, 0.15) is 42.8 Å². The quantitative estimate of drug-likeness (QED) is 0.784. The minimum atomic E-state index is -0.913. The Morgan fingerprint density at radius 3 is 2.43 bits per heavy atom. The van der Waals surface area contributed by atoms with E-state index in [4.69, 9.17) is 0 Å². The minimum Gasteiger partial charge on any atom is -0.341 e. The second-order valence-corrected chi connectivity index (χ2v) is 8.26. The summed E-state index contributed by atoms with van der Waals surface area (Å²) < 4.78 is 1.74. The molecule has 4 rings (SSSR count). The predicted octanol–water partition coefficient (Wildman–Crippen LogP) is 2.17. The second kappa shape index (κ2) is 7.59. The first-order valence-corrected chi connectivity index (χ1v) is 10.3. The molecule has 0 aliphatic carbocycles. The van der Waals surface area contributed by atoms with Crippen LogP contribution < -0.4 is 5.32 Å². The van der Waals surface area contributed by atoms with Crippen molar-refractivity contribution in [3.8, 4) is 0 Å². The maximum atomic E-state index is 13.1. The number of carbonyl (C=O) groups excluding carboxylic acids is 3. The highest BCUT2D eigenvalue weighted by atomic mass is 16.2. The molecule has 1 aromatic carbocycles. The van der Waals surface area contributed by atoms with E-state index in [-0.39, 0.29) is 24.4 Å². The van der Waals surface area contributed by atoms with Crippen LogP contribution in [0.5, 0.6) is 0 Å². The average molecular weight is 409 g/mol. The van der Waals surface area contributed by atoms with Crippen molar-refractivity contribution in [2.45, 2.75) is 51.7 Å². The Morgan fingerprint density at radius 2 is 1.83 bits per heavy atom. The Morgan fingerprint density at radius 1 is 1.17 bits per heavy atom. The second-order valence-electron chi connectivity index (χ2n) is 8.26. The van der Waals surface area contributed by atoms with E-state index in [0.717, 1.165) is 17.0 Å². The number of likely N-dealkylation sites (tertiary alicyclic amines) is 1. The van der Waals surface area contributed by atoms with Gasteiger partial charge in [-0.1, -0.05) is 30.3 Å². The molecule has 0 saturated carbocycles. The highest BCUT2D eigenvalue weighted by Crippen LogP contribution is 2.31. The topological polar surface area (TPSA) is 87.5 Å². The zero-order chi connectivity index (χ0) is 21.5. The fraction of sp³-hybridized carbons (Fsp3) is 0.455. The molecule has 2 aromatic rings. The number of hydrogen-bond donors (Lipinski definition) is 1. The highest BCUT2D eigenvalue weighted by molar-refractivity contribution is 6.07. The van der Waals surface area contributed by atoms with Crippen LogP contribution in [0.25, 0.3) is 0 Å². The summed E-state index contributed by atoms with van der Waals surface area (Å²) in [7, 11) is 0. The van der Waals surface area contributed by atoms with Crippen molar-refractivity contribution in [1.82, 2.24) is 24.9 Å². The van der Waals surface area contributed by atoms with E-state index in [0.29, 0.717) is 25.9 Å². The number of imide groups is 1. The zero-order valence-electron chi connectivity index (χ0n) is 17.6. The molecule has 0 radical (unpaired) electrons. The van der Waals surface area contributed by atoms with Crippen molar-refractivity contribution in [2.75, 3.05) is 13.1 Å². The maximum Gasteiger partial charge on any atom is 0.325 e. The SMILES string of the molecule is Cc1cc(C)n([C@@H](C)C(=O)N2CCC3(CC2)NC(=O)N(Cc2ccccc2)C3=O)n1. The molecule has 1 aromatic heterocycles. The lowest BCUT2D eigenvalue weighted by molar-refractivity contribution is -0.140. The highest BCUT2D eigenvalue weighted by Gasteiger charge is 2.52. The molecule has 158 valence electrons. The Labute approximate surface area is 175 Å². The van der Waals surface area contributed by atoms with E-state index in [1.165, 1.54) is 4.90 Å². The molecule has 2 fully saturated rings. The van der Waals surface area contributed by atoms with Gasteiger partial charge in [0.15, 0.2) is 0 Å². The van der Waals surface area contributed by atoms with Crippen molar-refractivity contribution in [2.24, 2.45) is 0 Å². The lowest BCUT2D eigenvalue weighted by Crippen LogP contribution is -2.56. The van der Waals surface area contributed by atoms with Gasteiger partial charge in [0, 0.05) is 18.8 Å². The molecule has 1 N–H and O–H groups in total. The number of urea groups is 1. The van der Waals surface area contributed by atoms with E-state index in [9.17, 15) is 14.4 Å². The maximum absolute atomic E-state index is 13.1. The third-order valence-electron chi connectivity index (χ3n) is 6.13. The fourth-order valence-electron chi connectivity index (χ4n) is 4.44. The van der Waals surface area contributed by atoms with Crippen LogP contribution >= 0.6 is 0 Å². The number of benzene rings is 1. The molecule has 3 heterocycles. The summed E-state index contributed by atoms with van der Waals surface area (Å²) in [4.78, 5) is 41.7. The van der Waals surface area contributed by atoms with Crippen molar-refractivity contribution in [3.05, 3.63) is 53.3 Å². The summed E-state index contributed by atoms with van der Waals surface area (Å²) in [5.74, 6) is -0.219. The van der Waals surface area contributed by atoms with Gasteiger partial charge in [0.1, 0.15) is 11.6 Å². The fourth-order valence-corrected chi connectivity index (χ4v) is 4.44. The number of nitrogens with zero attached hydrogens (tertiary/aromatic N) is 4. The molecule has 1 spiro atoms. The number of carbonyl (C=O) groups is 3. The first-order valence-electron chi connectivity index (χ1n) is 10.3. The van der Waals surface area contributed by atoms with Crippen LogP contribution in [0.3, 0.4) is 0 Å². The van der Waals surface area contributed by atoms with Gasteiger partial charge < -0.3 is 10.2 Å². The summed E-state index contributed by atoms with van der Waals surface area (Å²) >= 11 is 0. The van der Waals surface area contributed by atoms with Gasteiger partial charge in [-0.2, -0.15) is 5.10 Å². The van der Waals surface area contributed by atoms with Gasteiger partial charge in [0.2, 0.25) is 5.91 Å². The van der Waals surface area contributed by atoms with Crippen LogP contribution in [-0.2, 0) is 16.1 Å². The molecule has 2 aliphatic heterocycles. The van der Waals surface area contributed by atoms with Crippen LogP contribution in [0.15, 0.2) is 36.4 Å². The molecule has 30 heavy (non-hydrogen) atoms. The lowest BCUT2D eigenvalue weighted by atomic mass is 9.87. The number of hydrogen-bond acceptors (Lipinski definition) is 4. The number of nitrogens with one attached hydrogen (secondary N) is 1. The smallest absolute Gasteiger partial charge is 0.325 e. The van der Waals surface area contributed by atoms with Gasteiger partial charge in [-0.05, 0) is 45.2 Å². The third kappa shape index (κ3) is 3.46. The van der Waals surface area contributed by atoms with Gasteiger partial charge in [-0.3, -0.25) is 19.2 Å². The summed E-state index contributed by atoms with van der Waals surface area (Å²) in [5, 5.41) is 7.32. The third-order valence-corrected chi connectivity index (χ3v) is 6.13. The van der Waals surface area contributed by atoms with Crippen LogP contribution in [0, 0.1) is 13.8 Å². The number of rotatable bonds is 4. The minimum absolute atomic E-state index is 0.0195. The molecule has 8 heteroatoms. The average Bonchev–Trinajstić information content (AvgIpc) is 3.19. The van der Waals surface area contributed by atoms with E-state index < -0.39 is 11.6 Å². The number of piperidine rings is 1. The molecular formula is C22H27N5O3. The van der Waals surface area contributed by atoms with Gasteiger partial charge in [-0.25, -0.2) is 4.79 Å². The Bertz CT molecular complexity index is 976. The number of aryl methyl sites for hydroxylation is 2. The Balaban J connectivity index is 1.42. The summed E-state index contributed by atoms with van der Waals surface area (Å²) in [6.07, 6.45) is 0.830. The standard InChI is InChI=1S/C22H27N5O3/c1-15-13-16(2)27(24-15)17(3)19(28)25-11-9-22(10-12-25)20(29)26(21(30)23-22)14-18-7-5-4-6-8-18/h4-8,13,17H,9-12,14H2,1-3H3,(H,23,30)/t17-/m0/s1. The van der Waals surface area contributed by atoms with Gasteiger partial charge >= 0.3 is 6.03 Å². The molecular weight excluding hydrogens is 382 g/mol. The van der Waals surface area contributed by atoms with Crippen molar-refractivity contribution in [3.63, 3.8) is 0 Å². The van der Waals surface area contributed by atoms with E-state index >= 15 is 0 Å². The van der Waals surface area contributed by atoms with Gasteiger partial charge in [-0.15, -0.1) is 0 Å². The van der Waals surface area contributed by atoms with Crippen LogP contribution in [0.4, 0.5) is 4.79 Å². The first-order chi connectivity index (χ1) is 14.3. The van der Waals surface area contributed by atoms with Crippen molar-refractivity contribution >= 4 is 17.8 Å².